The highest BCUT2D eigenvalue weighted by Gasteiger charge is 2.23. The molecule has 53 heavy (non-hydrogen) atoms. The Hall–Kier alpha value is -5.21. The Bertz CT molecular complexity index is 2530. The van der Waals surface area contributed by atoms with E-state index in [0.717, 1.165) is 26.8 Å². The predicted molar refractivity (Wildman–Crippen MR) is 210 cm³/mol. The van der Waals surface area contributed by atoms with Gasteiger partial charge in [-0.25, -0.2) is 26.4 Å². The first kappa shape index (κ1) is 39.0. The fraction of sp³-hybridized carbons (Fsp3) is 0.128. The molecule has 0 aliphatic carbocycles. The predicted octanol–water partition coefficient (Wildman–Crippen LogP) is 9.43. The molecule has 274 valence electrons. The lowest BCUT2D eigenvalue weighted by Gasteiger charge is -2.10. The van der Waals surface area contributed by atoms with Gasteiger partial charge in [0.25, 0.3) is 20.0 Å². The molecule has 3 N–H and O–H groups in total. The lowest BCUT2D eigenvalue weighted by atomic mass is 10.0. The van der Waals surface area contributed by atoms with E-state index in [1.54, 1.807) is 60.7 Å². The number of benzene rings is 5. The maximum atomic E-state index is 12.9. The van der Waals surface area contributed by atoms with Crippen LogP contribution in [0.4, 0.5) is 11.4 Å². The topological polar surface area (TPSA) is 156 Å². The van der Waals surface area contributed by atoms with E-state index in [1.165, 1.54) is 60.4 Å². The number of thiophene rings is 1. The van der Waals surface area contributed by atoms with Crippen LogP contribution in [0.1, 0.15) is 51.6 Å². The van der Waals surface area contributed by atoms with Crippen molar-refractivity contribution in [3.63, 3.8) is 0 Å². The summed E-state index contributed by atoms with van der Waals surface area (Å²) in [6.07, 6.45) is 0. The van der Waals surface area contributed by atoms with Crippen molar-refractivity contribution in [3.8, 4) is 11.1 Å². The fourth-order valence-corrected chi connectivity index (χ4v) is 9.29. The second kappa shape index (κ2) is 16.2. The summed E-state index contributed by atoms with van der Waals surface area (Å²) in [5.41, 5.74) is 4.25. The Kier molecular flexibility index (Phi) is 11.9. The molecule has 0 bridgehead atoms. The van der Waals surface area contributed by atoms with Crippen LogP contribution in [0.5, 0.6) is 0 Å². The maximum absolute atomic E-state index is 12.9. The van der Waals surface area contributed by atoms with Crippen molar-refractivity contribution in [1.29, 1.82) is 0 Å². The van der Waals surface area contributed by atoms with Gasteiger partial charge in [0.2, 0.25) is 0 Å². The van der Waals surface area contributed by atoms with E-state index in [-0.39, 0.29) is 25.9 Å². The minimum absolute atomic E-state index is 0.000106. The zero-order chi connectivity index (χ0) is 38.5. The molecular weight excluding hydrogens is 756 g/mol. The molecule has 0 aliphatic rings. The Balaban J connectivity index is 0.000000204. The van der Waals surface area contributed by atoms with Crippen molar-refractivity contribution in [2.75, 3.05) is 16.6 Å². The molecular formula is C39H35ClN2O8S3. The fourth-order valence-electron chi connectivity index (χ4n) is 5.28. The SMILES string of the molecule is COC(=O)c1cccc(NS(=O)(=O)c2sc3ccc(C(C)C)cc3c2C)c1.O=C(O)c1cccc(NS(=O)(=O)c2cccc(-c3ccc(Cl)cc3)c2)c1. The number of aryl methyl sites for hydroxylation is 1. The summed E-state index contributed by atoms with van der Waals surface area (Å²) < 4.78 is 62.0. The number of methoxy groups -OCH3 is 1. The van der Waals surface area contributed by atoms with Gasteiger partial charge >= 0.3 is 11.9 Å². The molecule has 5 aromatic carbocycles. The third-order valence-corrected chi connectivity index (χ3v) is 13.0. The highest BCUT2D eigenvalue weighted by atomic mass is 35.5. The zero-order valence-corrected chi connectivity index (χ0v) is 32.2. The van der Waals surface area contributed by atoms with Crippen LogP contribution in [-0.4, -0.2) is 41.0 Å². The summed E-state index contributed by atoms with van der Waals surface area (Å²) in [6, 6.07) is 31.5. The number of carboxylic acid groups (broad SMARTS) is 1. The highest BCUT2D eigenvalue weighted by molar-refractivity contribution is 7.95. The number of halogens is 1. The van der Waals surface area contributed by atoms with Gasteiger partial charge in [-0.05, 0) is 113 Å². The summed E-state index contributed by atoms with van der Waals surface area (Å²) in [7, 11) is -6.35. The lowest BCUT2D eigenvalue weighted by Crippen LogP contribution is -2.13. The van der Waals surface area contributed by atoms with E-state index >= 15 is 0 Å². The van der Waals surface area contributed by atoms with Gasteiger partial charge in [-0.2, -0.15) is 0 Å². The second-order valence-electron chi connectivity index (χ2n) is 12.1. The van der Waals surface area contributed by atoms with E-state index in [0.29, 0.717) is 16.6 Å². The van der Waals surface area contributed by atoms with E-state index in [2.05, 4.69) is 34.1 Å². The van der Waals surface area contributed by atoms with Crippen molar-refractivity contribution >= 4 is 76.4 Å². The molecule has 1 aromatic heterocycles. The van der Waals surface area contributed by atoms with E-state index in [1.807, 2.05) is 19.1 Å². The Labute approximate surface area is 317 Å². The number of fused-ring (bicyclic) bond motifs is 1. The smallest absolute Gasteiger partial charge is 0.337 e. The van der Waals surface area contributed by atoms with Crippen LogP contribution < -0.4 is 9.44 Å². The third kappa shape index (κ3) is 9.43. The summed E-state index contributed by atoms with van der Waals surface area (Å²) in [6.45, 7) is 6.04. The van der Waals surface area contributed by atoms with Crippen molar-refractivity contribution in [2.24, 2.45) is 0 Å². The van der Waals surface area contributed by atoms with E-state index < -0.39 is 32.0 Å². The van der Waals surface area contributed by atoms with Gasteiger partial charge in [-0.15, -0.1) is 11.3 Å². The number of aromatic carboxylic acids is 1. The number of carboxylic acids is 1. The van der Waals surface area contributed by atoms with Crippen LogP contribution in [0.3, 0.4) is 0 Å². The number of rotatable bonds is 10. The van der Waals surface area contributed by atoms with Crippen LogP contribution in [0.25, 0.3) is 21.2 Å². The quantitative estimate of drug-likeness (QED) is 0.116. The zero-order valence-electron chi connectivity index (χ0n) is 29.0. The number of carbonyl (C=O) groups excluding carboxylic acids is 1. The molecule has 0 spiro atoms. The molecule has 0 saturated heterocycles. The monoisotopic (exact) mass is 790 g/mol. The first-order chi connectivity index (χ1) is 25.1. The molecule has 0 aliphatic heterocycles. The molecule has 6 aromatic rings. The second-order valence-corrected chi connectivity index (χ2v) is 17.2. The largest absolute Gasteiger partial charge is 0.478 e. The molecule has 1 heterocycles. The third-order valence-electron chi connectivity index (χ3n) is 8.05. The van der Waals surface area contributed by atoms with Gasteiger partial charge in [0.15, 0.2) is 0 Å². The molecule has 0 atom stereocenters. The van der Waals surface area contributed by atoms with E-state index in [9.17, 15) is 26.4 Å². The number of sulfonamides is 2. The van der Waals surface area contributed by atoms with Gasteiger partial charge in [-0.1, -0.05) is 67.9 Å². The standard InChI is InChI=1S/C20H21NO4S2.C19H14ClNO4S/c1-12(2)14-8-9-18-17(11-14)13(3)20(26-18)27(23,24)21-16-7-5-6-15(10-16)19(22)25-4;20-16-9-7-13(8-10-16)14-3-2-6-18(12-14)26(24,25)21-17-5-1-4-15(11-17)19(22)23/h5-12,21H,1-4H3;1-12,21H,(H,22,23). The molecule has 0 radical (unpaired) electrons. The molecule has 14 heteroatoms. The number of nitrogens with one attached hydrogen (secondary N) is 2. The van der Waals surface area contributed by atoms with Gasteiger partial charge in [0.1, 0.15) is 4.21 Å². The number of ether oxygens (including phenoxy) is 1. The number of hydrogen-bond acceptors (Lipinski definition) is 8. The molecule has 0 amide bonds. The van der Waals surface area contributed by atoms with Gasteiger partial charge < -0.3 is 9.84 Å². The van der Waals surface area contributed by atoms with Gasteiger partial charge in [0, 0.05) is 21.1 Å². The van der Waals surface area contributed by atoms with Crippen molar-refractivity contribution in [2.45, 2.75) is 35.8 Å². The molecule has 0 saturated carbocycles. The van der Waals surface area contributed by atoms with Crippen molar-refractivity contribution in [3.05, 3.63) is 143 Å². The number of carbonyl (C=O) groups is 2. The van der Waals surface area contributed by atoms with Crippen LogP contribution in [-0.2, 0) is 24.8 Å². The number of esters is 1. The van der Waals surface area contributed by atoms with Crippen LogP contribution in [0, 0.1) is 6.92 Å². The normalized spacial score (nSPS) is 11.4. The summed E-state index contributed by atoms with van der Waals surface area (Å²) in [5.74, 6) is -1.28. The summed E-state index contributed by atoms with van der Waals surface area (Å²) >= 11 is 7.12. The number of hydrogen-bond donors (Lipinski definition) is 3. The van der Waals surface area contributed by atoms with Gasteiger partial charge in [0.05, 0.1) is 23.1 Å². The molecule has 6 rings (SSSR count). The molecule has 0 fully saturated rings. The van der Waals surface area contributed by atoms with Crippen LogP contribution in [0.15, 0.2) is 124 Å². The highest BCUT2D eigenvalue weighted by Crippen LogP contribution is 2.36. The molecule has 0 unspecified atom stereocenters. The first-order valence-corrected chi connectivity index (χ1v) is 20.2. The first-order valence-electron chi connectivity index (χ1n) is 16.0. The minimum Gasteiger partial charge on any atom is -0.478 e. The Morgan fingerprint density at radius 3 is 1.96 bits per heavy atom. The Morgan fingerprint density at radius 2 is 1.34 bits per heavy atom. The average molecular weight is 791 g/mol. The lowest BCUT2D eigenvalue weighted by molar-refractivity contribution is 0.0599. The maximum Gasteiger partial charge on any atom is 0.337 e. The van der Waals surface area contributed by atoms with E-state index in [4.69, 9.17) is 16.7 Å². The summed E-state index contributed by atoms with van der Waals surface area (Å²) in [5, 5.41) is 10.6. The minimum atomic E-state index is -3.86. The van der Waals surface area contributed by atoms with Crippen molar-refractivity contribution in [1.82, 2.24) is 0 Å². The van der Waals surface area contributed by atoms with Crippen LogP contribution >= 0.6 is 22.9 Å². The van der Waals surface area contributed by atoms with Crippen molar-refractivity contribution < 1.29 is 36.3 Å². The Morgan fingerprint density at radius 1 is 0.736 bits per heavy atom. The van der Waals surface area contributed by atoms with Crippen LogP contribution in [0.2, 0.25) is 5.02 Å². The molecule has 10 nitrogen and oxygen atoms in total. The van der Waals surface area contributed by atoms with Gasteiger partial charge in [-0.3, -0.25) is 9.44 Å². The summed E-state index contributed by atoms with van der Waals surface area (Å²) in [4.78, 5) is 22.8. The average Bonchev–Trinajstić information content (AvgIpc) is 3.48. The number of anilines is 2.